The number of anilines is 1. The number of aryl methyl sites for hydroxylation is 1. The lowest BCUT2D eigenvalue weighted by atomic mass is 9.90. The number of hydrogen-bond acceptors (Lipinski definition) is 4. The highest BCUT2D eigenvalue weighted by atomic mass is 19.4. The second kappa shape index (κ2) is 8.62. The molecule has 2 aromatic carbocycles. The fraction of sp³-hybridized carbons (Fsp3) is 0.320. The molecular formula is C25H24F3N5O. The summed E-state index contributed by atoms with van der Waals surface area (Å²) in [7, 11) is 1.84. The van der Waals surface area contributed by atoms with Gasteiger partial charge < -0.3 is 10.6 Å². The Bertz CT molecular complexity index is 1360. The van der Waals surface area contributed by atoms with E-state index in [1.807, 2.05) is 19.2 Å². The Balaban J connectivity index is 1.24. The summed E-state index contributed by atoms with van der Waals surface area (Å²) in [5.74, 6) is -0.130. The lowest BCUT2D eigenvalue weighted by Crippen LogP contribution is -2.40. The van der Waals surface area contributed by atoms with Crippen molar-refractivity contribution in [2.24, 2.45) is 7.05 Å². The fourth-order valence-electron chi connectivity index (χ4n) is 4.60. The molecule has 34 heavy (non-hydrogen) atoms. The molecule has 4 aromatic rings. The minimum absolute atomic E-state index is 0.0193. The normalized spacial score (nSPS) is 18.8. The van der Waals surface area contributed by atoms with Crippen molar-refractivity contribution in [3.05, 3.63) is 66.0 Å². The zero-order valence-corrected chi connectivity index (χ0v) is 18.6. The van der Waals surface area contributed by atoms with E-state index >= 15 is 0 Å². The van der Waals surface area contributed by atoms with Gasteiger partial charge in [0.15, 0.2) is 0 Å². The number of nitrogens with zero attached hydrogens (tertiary/aromatic N) is 3. The summed E-state index contributed by atoms with van der Waals surface area (Å²) in [6, 6.07) is 13.5. The maximum atomic E-state index is 13.3. The van der Waals surface area contributed by atoms with Gasteiger partial charge in [-0.25, -0.2) is 4.98 Å². The van der Waals surface area contributed by atoms with E-state index < -0.39 is 11.9 Å². The van der Waals surface area contributed by atoms with Gasteiger partial charge in [0.05, 0.1) is 17.2 Å². The minimum atomic E-state index is -4.51. The maximum Gasteiger partial charge on any atom is 0.433 e. The van der Waals surface area contributed by atoms with Crippen molar-refractivity contribution in [1.29, 1.82) is 0 Å². The molecule has 0 aliphatic heterocycles. The lowest BCUT2D eigenvalue weighted by molar-refractivity contribution is -0.140. The monoisotopic (exact) mass is 467 g/mol. The Morgan fingerprint density at radius 2 is 1.76 bits per heavy atom. The third kappa shape index (κ3) is 4.42. The Morgan fingerprint density at radius 1 is 1.03 bits per heavy atom. The fourth-order valence-corrected chi connectivity index (χ4v) is 4.60. The van der Waals surface area contributed by atoms with Crippen LogP contribution in [-0.4, -0.2) is 32.8 Å². The van der Waals surface area contributed by atoms with Crippen molar-refractivity contribution in [2.45, 2.75) is 43.9 Å². The number of halogens is 3. The molecule has 0 bridgehead atoms. The first-order valence-corrected chi connectivity index (χ1v) is 11.2. The number of rotatable bonds is 4. The molecule has 2 N–H and O–H groups in total. The van der Waals surface area contributed by atoms with Gasteiger partial charge in [-0.2, -0.15) is 18.3 Å². The highest BCUT2D eigenvalue weighted by molar-refractivity contribution is 5.98. The molecule has 1 aliphatic rings. The zero-order valence-electron chi connectivity index (χ0n) is 18.6. The molecule has 0 saturated heterocycles. The molecule has 0 radical (unpaired) electrons. The predicted octanol–water partition coefficient (Wildman–Crippen LogP) is 5.29. The molecule has 0 spiro atoms. The van der Waals surface area contributed by atoms with Crippen LogP contribution < -0.4 is 10.6 Å². The quantitative estimate of drug-likeness (QED) is 0.428. The van der Waals surface area contributed by atoms with Crippen LogP contribution in [0.4, 0.5) is 18.9 Å². The van der Waals surface area contributed by atoms with E-state index in [0.29, 0.717) is 22.2 Å². The van der Waals surface area contributed by atoms with E-state index in [-0.39, 0.29) is 18.0 Å². The number of nitrogens with one attached hydrogen (secondary N) is 2. The summed E-state index contributed by atoms with van der Waals surface area (Å²) in [6.07, 6.45) is 0.211. The first-order valence-electron chi connectivity index (χ1n) is 11.2. The van der Waals surface area contributed by atoms with Crippen LogP contribution in [0.1, 0.15) is 41.7 Å². The van der Waals surface area contributed by atoms with Crippen molar-refractivity contribution in [3.63, 3.8) is 0 Å². The van der Waals surface area contributed by atoms with E-state index in [9.17, 15) is 18.0 Å². The standard InChI is InChI=1S/C25H24F3N5O/c1-33-22-12-15(6-7-16(22)14-29-33)24(34)31-18-10-8-17(9-11-18)30-21-13-23(25(26,27)28)32-20-5-3-2-4-19(20)21/h2-7,12-14,17-18H,8-11H2,1H3,(H,30,32)(H,31,34)/t17-,18+. The SMILES string of the molecule is Cn1ncc2ccc(C(=O)N[C@H]3CC[C@@H](Nc4cc(C(F)(F)F)nc5ccccc45)CC3)cc21. The average molecular weight is 467 g/mol. The second-order valence-electron chi connectivity index (χ2n) is 8.78. The molecule has 2 heterocycles. The molecule has 5 rings (SSSR count). The number of carbonyl (C=O) groups is 1. The highest BCUT2D eigenvalue weighted by Gasteiger charge is 2.34. The van der Waals surface area contributed by atoms with Crippen LogP contribution in [0.5, 0.6) is 0 Å². The number of alkyl halides is 3. The van der Waals surface area contributed by atoms with Crippen LogP contribution in [0.25, 0.3) is 21.8 Å². The van der Waals surface area contributed by atoms with Crippen LogP contribution in [0, 0.1) is 0 Å². The van der Waals surface area contributed by atoms with Gasteiger partial charge in [-0.15, -0.1) is 0 Å². The van der Waals surface area contributed by atoms with E-state index in [1.54, 1.807) is 41.2 Å². The molecule has 9 heteroatoms. The Morgan fingerprint density at radius 3 is 2.53 bits per heavy atom. The van der Waals surface area contributed by atoms with Gasteiger partial charge in [0.25, 0.3) is 5.91 Å². The van der Waals surface area contributed by atoms with Crippen molar-refractivity contribution < 1.29 is 18.0 Å². The largest absolute Gasteiger partial charge is 0.433 e. The molecule has 1 saturated carbocycles. The molecule has 2 aromatic heterocycles. The van der Waals surface area contributed by atoms with Gasteiger partial charge in [0.2, 0.25) is 0 Å². The summed E-state index contributed by atoms with van der Waals surface area (Å²) in [5.41, 5.74) is 1.32. The van der Waals surface area contributed by atoms with Gasteiger partial charge in [-0.3, -0.25) is 9.48 Å². The molecule has 6 nitrogen and oxygen atoms in total. The Labute approximate surface area is 194 Å². The number of amides is 1. The molecule has 0 atom stereocenters. The van der Waals surface area contributed by atoms with Gasteiger partial charge >= 0.3 is 6.18 Å². The second-order valence-corrected chi connectivity index (χ2v) is 8.78. The summed E-state index contributed by atoms with van der Waals surface area (Å²) in [6.45, 7) is 0. The smallest absolute Gasteiger partial charge is 0.382 e. The van der Waals surface area contributed by atoms with Crippen LogP contribution in [0.15, 0.2) is 54.7 Å². The Hall–Kier alpha value is -3.62. The first-order chi connectivity index (χ1) is 16.3. The lowest BCUT2D eigenvalue weighted by Gasteiger charge is -2.30. The topological polar surface area (TPSA) is 71.8 Å². The van der Waals surface area contributed by atoms with E-state index in [4.69, 9.17) is 0 Å². The van der Waals surface area contributed by atoms with Gasteiger partial charge in [0.1, 0.15) is 5.69 Å². The third-order valence-corrected chi connectivity index (χ3v) is 6.44. The molecule has 0 unspecified atom stereocenters. The highest BCUT2D eigenvalue weighted by Crippen LogP contribution is 2.34. The van der Waals surface area contributed by atoms with Crippen LogP contribution >= 0.6 is 0 Å². The Kier molecular flexibility index (Phi) is 5.63. The van der Waals surface area contributed by atoms with E-state index in [1.165, 1.54) is 0 Å². The first kappa shape index (κ1) is 22.2. The number of benzene rings is 2. The van der Waals surface area contributed by atoms with Crippen LogP contribution in [-0.2, 0) is 13.2 Å². The molecule has 1 amide bonds. The van der Waals surface area contributed by atoms with Gasteiger partial charge in [-0.05, 0) is 49.9 Å². The summed E-state index contributed by atoms with van der Waals surface area (Å²) >= 11 is 0. The number of pyridine rings is 1. The minimum Gasteiger partial charge on any atom is -0.382 e. The van der Waals surface area contributed by atoms with Crippen LogP contribution in [0.3, 0.4) is 0 Å². The molecule has 1 fully saturated rings. The predicted molar refractivity (Wildman–Crippen MR) is 125 cm³/mol. The third-order valence-electron chi connectivity index (χ3n) is 6.44. The zero-order chi connectivity index (χ0) is 23.9. The molecular weight excluding hydrogens is 443 g/mol. The molecule has 176 valence electrons. The van der Waals surface area contributed by atoms with Crippen LogP contribution in [0.2, 0.25) is 0 Å². The molecule has 1 aliphatic carbocycles. The summed E-state index contributed by atoms with van der Waals surface area (Å²) in [5, 5.41) is 12.2. The number of carbonyl (C=O) groups excluding carboxylic acids is 1. The number of hydrogen-bond donors (Lipinski definition) is 2. The number of fused-ring (bicyclic) bond motifs is 2. The van der Waals surface area contributed by atoms with Crippen molar-refractivity contribution in [3.8, 4) is 0 Å². The summed E-state index contributed by atoms with van der Waals surface area (Å²) in [4.78, 5) is 16.5. The number of aromatic nitrogens is 3. The van der Waals surface area contributed by atoms with Gasteiger partial charge in [0, 0.05) is 41.2 Å². The van der Waals surface area contributed by atoms with E-state index in [2.05, 4.69) is 20.7 Å². The van der Waals surface area contributed by atoms with Gasteiger partial charge in [-0.1, -0.05) is 24.3 Å². The van der Waals surface area contributed by atoms with Crippen molar-refractivity contribution >= 4 is 33.4 Å². The van der Waals surface area contributed by atoms with Crippen molar-refractivity contribution in [2.75, 3.05) is 5.32 Å². The summed E-state index contributed by atoms with van der Waals surface area (Å²) < 4.78 is 41.8. The number of para-hydroxylation sites is 1. The van der Waals surface area contributed by atoms with Crippen molar-refractivity contribution in [1.82, 2.24) is 20.1 Å². The average Bonchev–Trinajstić information content (AvgIpc) is 3.19. The van der Waals surface area contributed by atoms with E-state index in [0.717, 1.165) is 42.7 Å². The maximum absolute atomic E-state index is 13.3.